The Morgan fingerprint density at radius 3 is 2.50 bits per heavy atom. The Hall–Kier alpha value is -2.18. The molecule has 0 aliphatic carbocycles. The van der Waals surface area contributed by atoms with E-state index in [4.69, 9.17) is 0 Å². The van der Waals surface area contributed by atoms with Crippen LogP contribution in [0.5, 0.6) is 0 Å². The van der Waals surface area contributed by atoms with Crippen LogP contribution in [0.25, 0.3) is 0 Å². The van der Waals surface area contributed by atoms with Crippen molar-refractivity contribution < 1.29 is 13.2 Å². The molecule has 0 bridgehead atoms. The van der Waals surface area contributed by atoms with E-state index in [1.807, 2.05) is 0 Å². The van der Waals surface area contributed by atoms with Crippen molar-refractivity contribution in [2.75, 3.05) is 19.6 Å². The number of rotatable bonds is 9. The highest BCUT2D eigenvalue weighted by molar-refractivity contribution is 7.90. The highest BCUT2D eigenvalue weighted by Crippen LogP contribution is 2.18. The largest absolute Gasteiger partial charge is 0.350 e. The summed E-state index contributed by atoms with van der Waals surface area (Å²) < 4.78 is 25.0. The predicted octanol–water partition coefficient (Wildman–Crippen LogP) is 4.04. The van der Waals surface area contributed by atoms with E-state index in [-0.39, 0.29) is 11.7 Å². The van der Waals surface area contributed by atoms with Crippen molar-refractivity contribution in [1.82, 2.24) is 10.2 Å². The molecule has 1 atom stereocenters. The maximum atomic E-state index is 12.6. The third-order valence-electron chi connectivity index (χ3n) is 5.72. The number of sulfone groups is 1. The number of carbonyl (C=O) groups is 1. The van der Waals surface area contributed by atoms with Crippen molar-refractivity contribution in [2.45, 2.75) is 55.7 Å². The van der Waals surface area contributed by atoms with Crippen molar-refractivity contribution in [3.8, 4) is 0 Å². The molecule has 1 N–H and O–H groups in total. The fourth-order valence-electron chi connectivity index (χ4n) is 3.94. The van der Waals surface area contributed by atoms with Crippen LogP contribution in [-0.2, 0) is 15.6 Å². The van der Waals surface area contributed by atoms with Gasteiger partial charge in [0.2, 0.25) is 0 Å². The molecule has 0 saturated carbocycles. The highest BCUT2D eigenvalue weighted by Gasteiger charge is 2.22. The average molecular weight is 429 g/mol. The molecule has 0 radical (unpaired) electrons. The first kappa shape index (κ1) is 22.5. The number of benzene rings is 2. The number of amides is 1. The molecule has 1 amide bonds. The third kappa shape index (κ3) is 6.16. The number of unbranched alkanes of at least 4 members (excludes halogenated alkanes) is 1. The van der Waals surface area contributed by atoms with Gasteiger partial charge in [-0.2, -0.15) is 0 Å². The summed E-state index contributed by atoms with van der Waals surface area (Å²) in [5, 5.41) is 3.07. The van der Waals surface area contributed by atoms with Crippen LogP contribution in [0.1, 0.15) is 54.9 Å². The monoisotopic (exact) mass is 428 g/mol. The van der Waals surface area contributed by atoms with Gasteiger partial charge in [0.05, 0.1) is 10.6 Å². The summed E-state index contributed by atoms with van der Waals surface area (Å²) in [6.07, 6.45) is 5.95. The van der Waals surface area contributed by atoms with Gasteiger partial charge in [-0.05, 0) is 62.2 Å². The molecule has 0 spiro atoms. The van der Waals surface area contributed by atoms with Crippen molar-refractivity contribution in [3.63, 3.8) is 0 Å². The zero-order chi connectivity index (χ0) is 21.4. The number of hydrogen-bond donors (Lipinski definition) is 1. The van der Waals surface area contributed by atoms with Gasteiger partial charge < -0.3 is 5.32 Å². The number of carbonyl (C=O) groups excluding carboxylic acids is 1. The molecule has 5 nitrogen and oxygen atoms in total. The topological polar surface area (TPSA) is 66.5 Å². The number of nitrogens with one attached hydrogen (secondary N) is 1. The van der Waals surface area contributed by atoms with E-state index in [9.17, 15) is 13.2 Å². The van der Waals surface area contributed by atoms with Gasteiger partial charge in [-0.3, -0.25) is 9.69 Å². The van der Waals surface area contributed by atoms with E-state index in [0.29, 0.717) is 28.6 Å². The molecule has 2 aromatic rings. The van der Waals surface area contributed by atoms with Gasteiger partial charge in [0.15, 0.2) is 9.84 Å². The Labute approximate surface area is 180 Å². The Balaban J connectivity index is 1.56. The molecule has 1 heterocycles. The minimum atomic E-state index is -3.39. The lowest BCUT2D eigenvalue weighted by Gasteiger charge is -2.35. The second-order valence-corrected chi connectivity index (χ2v) is 10.0. The summed E-state index contributed by atoms with van der Waals surface area (Å²) in [5.41, 5.74) is 1.24. The van der Waals surface area contributed by atoms with Gasteiger partial charge in [-0.25, -0.2) is 8.42 Å². The molecule has 1 aliphatic heterocycles. The summed E-state index contributed by atoms with van der Waals surface area (Å²) in [7, 11) is -3.39. The standard InChI is InChI=1S/C24H32N2O3S/c1-2-3-16-26-17-8-7-9-22(26)18-25-24(27)21-14-12-20(13-15-21)19-30(28,29)23-10-5-4-6-11-23/h4-6,10-15,22H,2-3,7-9,16-19H2,1H3,(H,25,27). The second kappa shape index (κ2) is 10.7. The molecule has 30 heavy (non-hydrogen) atoms. The SMILES string of the molecule is CCCCN1CCCCC1CNC(=O)c1ccc(CS(=O)(=O)c2ccccc2)cc1. The normalized spacial score (nSPS) is 17.6. The lowest BCUT2D eigenvalue weighted by atomic mass is 10.0. The van der Waals surface area contributed by atoms with E-state index in [1.165, 1.54) is 25.7 Å². The Kier molecular flexibility index (Phi) is 8.05. The molecule has 6 heteroatoms. The molecule has 162 valence electrons. The van der Waals surface area contributed by atoms with E-state index in [2.05, 4.69) is 17.1 Å². The number of piperidine rings is 1. The first-order chi connectivity index (χ1) is 14.5. The van der Waals surface area contributed by atoms with Crippen LogP contribution < -0.4 is 5.32 Å². The van der Waals surface area contributed by atoms with E-state index in [1.54, 1.807) is 54.6 Å². The zero-order valence-electron chi connectivity index (χ0n) is 17.7. The van der Waals surface area contributed by atoms with Gasteiger partial charge in [0, 0.05) is 18.2 Å². The van der Waals surface area contributed by atoms with Crippen LogP contribution in [0, 0.1) is 0 Å². The van der Waals surface area contributed by atoms with Crippen molar-refractivity contribution in [1.29, 1.82) is 0 Å². The predicted molar refractivity (Wildman–Crippen MR) is 120 cm³/mol. The van der Waals surface area contributed by atoms with Gasteiger partial charge >= 0.3 is 0 Å². The summed E-state index contributed by atoms with van der Waals surface area (Å²) in [6.45, 7) is 5.08. The summed E-state index contributed by atoms with van der Waals surface area (Å²) in [6, 6.07) is 15.7. The number of likely N-dealkylation sites (tertiary alicyclic amines) is 1. The number of hydrogen-bond acceptors (Lipinski definition) is 4. The molecule has 1 aliphatic rings. The van der Waals surface area contributed by atoms with Gasteiger partial charge in [0.1, 0.15) is 0 Å². The lowest BCUT2D eigenvalue weighted by molar-refractivity contribution is 0.0912. The minimum Gasteiger partial charge on any atom is -0.350 e. The quantitative estimate of drug-likeness (QED) is 0.654. The van der Waals surface area contributed by atoms with E-state index >= 15 is 0 Å². The van der Waals surface area contributed by atoms with E-state index < -0.39 is 9.84 Å². The minimum absolute atomic E-state index is 0.0760. The molecular formula is C24H32N2O3S. The van der Waals surface area contributed by atoms with Gasteiger partial charge in [0.25, 0.3) is 5.91 Å². The van der Waals surface area contributed by atoms with E-state index in [0.717, 1.165) is 19.5 Å². The lowest BCUT2D eigenvalue weighted by Crippen LogP contribution is -2.47. The van der Waals surface area contributed by atoms with Crippen LogP contribution in [0.3, 0.4) is 0 Å². The van der Waals surface area contributed by atoms with Crippen molar-refractivity contribution in [3.05, 3.63) is 65.7 Å². The van der Waals surface area contributed by atoms with Crippen LogP contribution in [0.4, 0.5) is 0 Å². The highest BCUT2D eigenvalue weighted by atomic mass is 32.2. The number of nitrogens with zero attached hydrogens (tertiary/aromatic N) is 1. The van der Waals surface area contributed by atoms with Crippen LogP contribution in [0.2, 0.25) is 0 Å². The summed E-state index contributed by atoms with van der Waals surface area (Å²) in [5.74, 6) is -0.179. The Bertz CT molecular complexity index is 911. The molecule has 1 unspecified atom stereocenters. The first-order valence-corrected chi connectivity index (χ1v) is 12.5. The first-order valence-electron chi connectivity index (χ1n) is 10.9. The van der Waals surface area contributed by atoms with Crippen molar-refractivity contribution >= 4 is 15.7 Å². The molecule has 1 saturated heterocycles. The maximum absolute atomic E-state index is 12.6. The zero-order valence-corrected chi connectivity index (χ0v) is 18.5. The van der Waals surface area contributed by atoms with Gasteiger partial charge in [-0.1, -0.05) is 50.1 Å². The Morgan fingerprint density at radius 2 is 1.80 bits per heavy atom. The Morgan fingerprint density at radius 1 is 1.07 bits per heavy atom. The summed E-state index contributed by atoms with van der Waals surface area (Å²) in [4.78, 5) is 15.4. The smallest absolute Gasteiger partial charge is 0.251 e. The third-order valence-corrected chi connectivity index (χ3v) is 7.43. The fourth-order valence-corrected chi connectivity index (χ4v) is 5.31. The van der Waals surface area contributed by atoms with Crippen LogP contribution >= 0.6 is 0 Å². The van der Waals surface area contributed by atoms with Crippen molar-refractivity contribution in [2.24, 2.45) is 0 Å². The van der Waals surface area contributed by atoms with Gasteiger partial charge in [-0.15, -0.1) is 0 Å². The summed E-state index contributed by atoms with van der Waals surface area (Å²) >= 11 is 0. The van der Waals surface area contributed by atoms with Crippen LogP contribution in [-0.4, -0.2) is 44.9 Å². The average Bonchev–Trinajstić information content (AvgIpc) is 2.77. The van der Waals surface area contributed by atoms with Crippen LogP contribution in [0.15, 0.2) is 59.5 Å². The molecule has 3 rings (SSSR count). The molecule has 2 aromatic carbocycles. The fraction of sp³-hybridized carbons (Fsp3) is 0.458. The maximum Gasteiger partial charge on any atom is 0.251 e. The molecular weight excluding hydrogens is 396 g/mol. The second-order valence-electron chi connectivity index (χ2n) is 8.02. The molecule has 1 fully saturated rings. The molecule has 0 aromatic heterocycles.